The molecule has 2 aromatic heterocycles. The van der Waals surface area contributed by atoms with Crippen LogP contribution in [0.3, 0.4) is 0 Å². The number of aliphatic imine (C=N–C) groups is 1. The molecule has 0 spiro atoms. The molecule has 0 bridgehead atoms. The second kappa shape index (κ2) is 7.87. The van der Waals surface area contributed by atoms with Gasteiger partial charge in [0.25, 0.3) is 5.56 Å². The lowest BCUT2D eigenvalue weighted by Gasteiger charge is -2.16. The van der Waals surface area contributed by atoms with Gasteiger partial charge in [0.15, 0.2) is 5.17 Å². The van der Waals surface area contributed by atoms with Gasteiger partial charge in [0.05, 0.1) is 27.4 Å². The molecule has 1 fully saturated rings. The van der Waals surface area contributed by atoms with Crippen LogP contribution in [0.25, 0.3) is 10.2 Å². The third-order valence-electron chi connectivity index (χ3n) is 4.16. The van der Waals surface area contributed by atoms with Gasteiger partial charge in [-0.3, -0.25) is 19.1 Å². The zero-order valence-corrected chi connectivity index (χ0v) is 17.8. The smallest absolute Gasteiger partial charge is 0.262 e. The van der Waals surface area contributed by atoms with Gasteiger partial charge < -0.3 is 0 Å². The first-order chi connectivity index (χ1) is 13.4. The number of amidine groups is 1. The highest BCUT2D eigenvalue weighted by Gasteiger charge is 2.31. The molecule has 1 unspecified atom stereocenters. The molecular formula is C18H14Cl2N4O2S2. The molecule has 1 aliphatic rings. The van der Waals surface area contributed by atoms with Gasteiger partial charge in [-0.05, 0) is 29.6 Å². The number of amides is 1. The second-order valence-electron chi connectivity index (χ2n) is 6.24. The van der Waals surface area contributed by atoms with Crippen molar-refractivity contribution in [3.05, 3.63) is 56.4 Å². The molecule has 1 aliphatic heterocycles. The minimum absolute atomic E-state index is 0.0920. The van der Waals surface area contributed by atoms with Crippen LogP contribution in [0.15, 0.2) is 45.8 Å². The largest absolute Gasteiger partial charge is 0.289 e. The van der Waals surface area contributed by atoms with Crippen molar-refractivity contribution in [1.29, 1.82) is 0 Å². The second-order valence-corrected chi connectivity index (χ2v) is 9.36. The Labute approximate surface area is 178 Å². The van der Waals surface area contributed by atoms with E-state index in [1.165, 1.54) is 34.0 Å². The fourth-order valence-electron chi connectivity index (χ4n) is 2.81. The van der Waals surface area contributed by atoms with Crippen molar-refractivity contribution < 1.29 is 4.79 Å². The first-order valence-electron chi connectivity index (χ1n) is 8.36. The molecule has 10 heteroatoms. The lowest BCUT2D eigenvalue weighted by Crippen LogP contribution is -2.37. The average molecular weight is 453 g/mol. The maximum absolute atomic E-state index is 12.9. The third-order valence-corrected chi connectivity index (χ3v) is 6.80. The zero-order valence-electron chi connectivity index (χ0n) is 14.6. The number of fused-ring (bicyclic) bond motifs is 1. The minimum atomic E-state index is -0.220. The van der Waals surface area contributed by atoms with Crippen molar-refractivity contribution in [2.24, 2.45) is 4.99 Å². The van der Waals surface area contributed by atoms with Crippen molar-refractivity contribution in [2.75, 3.05) is 6.54 Å². The monoisotopic (exact) mass is 452 g/mol. The zero-order chi connectivity index (χ0) is 19.8. The van der Waals surface area contributed by atoms with Gasteiger partial charge in [0, 0.05) is 11.8 Å². The number of carbonyl (C=O) groups is 1. The van der Waals surface area contributed by atoms with Gasteiger partial charge in [0.2, 0.25) is 5.91 Å². The molecule has 144 valence electrons. The number of thiophene rings is 1. The maximum atomic E-state index is 12.9. The summed E-state index contributed by atoms with van der Waals surface area (Å²) in [5, 5.41) is 3.95. The Hall–Kier alpha value is -1.87. The number of carbonyl (C=O) groups excluding carboxylic acids is 1. The number of thioether (sulfide) groups is 1. The molecule has 1 atom stereocenters. The van der Waals surface area contributed by atoms with Crippen LogP contribution >= 0.6 is 46.3 Å². The average Bonchev–Trinajstić information content (AvgIpc) is 3.27. The molecule has 0 radical (unpaired) electrons. The van der Waals surface area contributed by atoms with E-state index in [2.05, 4.69) is 9.98 Å². The van der Waals surface area contributed by atoms with Crippen LogP contribution in [0, 0.1) is 0 Å². The molecule has 4 rings (SSSR count). The first-order valence-corrected chi connectivity index (χ1v) is 10.9. The summed E-state index contributed by atoms with van der Waals surface area (Å²) < 4.78 is 1.34. The lowest BCUT2D eigenvalue weighted by molar-refractivity contribution is -0.127. The molecule has 1 amide bonds. The molecule has 1 saturated heterocycles. The predicted octanol–water partition coefficient (Wildman–Crippen LogP) is 4.42. The van der Waals surface area contributed by atoms with E-state index in [0.29, 0.717) is 37.7 Å². The molecule has 0 N–H and O–H groups in total. The maximum Gasteiger partial charge on any atom is 0.262 e. The fraction of sp³-hybridized carbons (Fsp3) is 0.222. The van der Waals surface area contributed by atoms with Gasteiger partial charge in [-0.15, -0.1) is 11.3 Å². The van der Waals surface area contributed by atoms with Crippen LogP contribution in [0.1, 0.15) is 6.92 Å². The quantitative estimate of drug-likeness (QED) is 0.589. The van der Waals surface area contributed by atoms with Crippen LogP contribution in [0.4, 0.5) is 5.69 Å². The lowest BCUT2D eigenvalue weighted by atomic mass is 10.3. The van der Waals surface area contributed by atoms with Crippen molar-refractivity contribution >= 4 is 73.3 Å². The van der Waals surface area contributed by atoms with E-state index >= 15 is 0 Å². The van der Waals surface area contributed by atoms with Crippen molar-refractivity contribution in [3.8, 4) is 0 Å². The van der Waals surface area contributed by atoms with Gasteiger partial charge in [-0.25, -0.2) is 9.98 Å². The Morgan fingerprint density at radius 2 is 2.14 bits per heavy atom. The topological polar surface area (TPSA) is 67.6 Å². The Bertz CT molecular complexity index is 1160. The van der Waals surface area contributed by atoms with Crippen LogP contribution in [-0.2, 0) is 11.3 Å². The summed E-state index contributed by atoms with van der Waals surface area (Å²) in [5.74, 6) is -0.214. The number of rotatable bonds is 3. The van der Waals surface area contributed by atoms with Crippen LogP contribution in [-0.4, -0.2) is 37.3 Å². The molecule has 1 aromatic carbocycles. The minimum Gasteiger partial charge on any atom is -0.289 e. The molecule has 3 aromatic rings. The normalized spacial score (nSPS) is 18.3. The highest BCUT2D eigenvalue weighted by atomic mass is 35.5. The molecule has 6 nitrogen and oxygen atoms in total. The number of benzene rings is 1. The fourth-order valence-corrected chi connectivity index (χ4v) is 4.87. The molecular weight excluding hydrogens is 439 g/mol. The summed E-state index contributed by atoms with van der Waals surface area (Å²) in [6.45, 7) is 2.45. The Kier molecular flexibility index (Phi) is 5.46. The summed E-state index contributed by atoms with van der Waals surface area (Å²) in [6, 6.07) is 6.79. The van der Waals surface area contributed by atoms with Crippen molar-refractivity contribution in [2.45, 2.75) is 18.7 Å². The molecule has 0 aliphatic carbocycles. The van der Waals surface area contributed by atoms with Gasteiger partial charge >= 0.3 is 0 Å². The molecule has 28 heavy (non-hydrogen) atoms. The van der Waals surface area contributed by atoms with E-state index < -0.39 is 0 Å². The number of halogens is 2. The Morgan fingerprint density at radius 3 is 2.93 bits per heavy atom. The van der Waals surface area contributed by atoms with Crippen molar-refractivity contribution in [3.63, 3.8) is 0 Å². The molecule has 3 heterocycles. The Balaban J connectivity index is 1.61. The highest BCUT2D eigenvalue weighted by molar-refractivity contribution is 8.14. The highest BCUT2D eigenvalue weighted by Crippen LogP contribution is 2.31. The van der Waals surface area contributed by atoms with E-state index in [0.717, 1.165) is 0 Å². The van der Waals surface area contributed by atoms with E-state index in [4.69, 9.17) is 23.2 Å². The molecule has 0 saturated carbocycles. The summed E-state index contributed by atoms with van der Waals surface area (Å²) in [4.78, 5) is 36.5. The predicted molar refractivity (Wildman–Crippen MR) is 116 cm³/mol. The number of hydrogen-bond donors (Lipinski definition) is 0. The van der Waals surface area contributed by atoms with Crippen molar-refractivity contribution in [1.82, 2.24) is 14.5 Å². The SMILES string of the molecule is CC1CN(C(=O)Cn2cnc3sccc3c2=O)C(=Nc2ccc(Cl)c(Cl)c2)S1. The van der Waals surface area contributed by atoms with E-state index in [-0.39, 0.29) is 23.3 Å². The van der Waals surface area contributed by atoms with Crippen LogP contribution in [0.5, 0.6) is 0 Å². The summed E-state index contributed by atoms with van der Waals surface area (Å²) >= 11 is 14.9. The third kappa shape index (κ3) is 3.82. The van der Waals surface area contributed by atoms with E-state index in [9.17, 15) is 9.59 Å². The van der Waals surface area contributed by atoms with E-state index in [1.807, 2.05) is 12.3 Å². The van der Waals surface area contributed by atoms with Crippen LogP contribution in [0.2, 0.25) is 10.0 Å². The number of hydrogen-bond acceptors (Lipinski definition) is 6. The standard InChI is InChI=1S/C18H14Cl2N4O2S2/c1-10-7-24(18(28-10)22-11-2-3-13(19)14(20)6-11)15(25)8-23-9-21-16-12(17(23)26)4-5-27-16/h2-6,9-10H,7-8H2,1H3. The summed E-state index contributed by atoms with van der Waals surface area (Å²) in [7, 11) is 0. The van der Waals surface area contributed by atoms with Gasteiger partial charge in [0.1, 0.15) is 11.4 Å². The van der Waals surface area contributed by atoms with Gasteiger partial charge in [-0.2, -0.15) is 0 Å². The summed E-state index contributed by atoms with van der Waals surface area (Å²) in [6.07, 6.45) is 1.42. The Morgan fingerprint density at radius 1 is 1.32 bits per heavy atom. The van der Waals surface area contributed by atoms with Gasteiger partial charge in [-0.1, -0.05) is 41.9 Å². The van der Waals surface area contributed by atoms with Crippen LogP contribution < -0.4 is 5.56 Å². The summed E-state index contributed by atoms with van der Waals surface area (Å²) in [5.41, 5.74) is 0.393. The van der Waals surface area contributed by atoms with E-state index in [1.54, 1.807) is 29.2 Å². The number of nitrogens with zero attached hydrogens (tertiary/aromatic N) is 4. The first kappa shape index (κ1) is 19.4. The number of aromatic nitrogens is 2.